The van der Waals surface area contributed by atoms with Crippen LogP contribution in [0.15, 0.2) is 55.6 Å². The molecule has 2 aromatic rings. The van der Waals surface area contributed by atoms with Crippen LogP contribution in [0.25, 0.3) is 0 Å². The summed E-state index contributed by atoms with van der Waals surface area (Å²) in [5, 5.41) is 11.4. The van der Waals surface area contributed by atoms with Crippen LogP contribution < -0.4 is 9.47 Å². The van der Waals surface area contributed by atoms with Crippen LogP contribution in [0.3, 0.4) is 0 Å². The van der Waals surface area contributed by atoms with E-state index in [2.05, 4.69) is 13.2 Å². The molecule has 6 nitrogen and oxygen atoms in total. The normalized spacial score (nSPS) is 11.0. The van der Waals surface area contributed by atoms with Crippen LogP contribution in [0.5, 0.6) is 11.5 Å². The van der Waals surface area contributed by atoms with Crippen molar-refractivity contribution in [2.24, 2.45) is 0 Å². The van der Waals surface area contributed by atoms with Crippen molar-refractivity contribution in [3.05, 3.63) is 82.7 Å². The number of benzene rings is 2. The molecule has 0 saturated heterocycles. The number of ketones is 1. The molecule has 0 fully saturated rings. The standard InChI is InChI=1S/C21H24FNO5.C2H4/c1-27-20-12-6-16(14-21(20)28-2)13-18(23(25)26)9-11-19(24)10-5-15-3-7-17(22)8-4-15;1-2/h3-4,6-8,12,14,18H,5,9-11,13H2,1-2H3;1-2H2. The number of Topliss-reactive ketones (excluding diaryl/α,β-unsaturated/α-hetero) is 1. The maximum Gasteiger partial charge on any atom is 0.217 e. The van der Waals surface area contributed by atoms with Gasteiger partial charge in [-0.2, -0.15) is 0 Å². The molecular formula is C23H28FNO5. The van der Waals surface area contributed by atoms with Gasteiger partial charge >= 0.3 is 0 Å². The van der Waals surface area contributed by atoms with Crippen LogP contribution in [0, 0.1) is 15.9 Å². The smallest absolute Gasteiger partial charge is 0.217 e. The first kappa shape index (κ1) is 24.8. The number of hydrogen-bond acceptors (Lipinski definition) is 5. The van der Waals surface area contributed by atoms with E-state index < -0.39 is 6.04 Å². The third-order valence-corrected chi connectivity index (χ3v) is 4.58. The van der Waals surface area contributed by atoms with Gasteiger partial charge in [-0.3, -0.25) is 14.9 Å². The van der Waals surface area contributed by atoms with Crippen molar-refractivity contribution in [3.8, 4) is 11.5 Å². The van der Waals surface area contributed by atoms with E-state index >= 15 is 0 Å². The SMILES string of the molecule is C=C.COc1ccc(CC(CCC(=O)CCc2ccc(F)cc2)[N+](=O)[O-])cc1OC. The number of carbonyl (C=O) groups excluding carboxylic acids is 1. The van der Waals surface area contributed by atoms with Crippen molar-refractivity contribution < 1.29 is 23.6 Å². The van der Waals surface area contributed by atoms with Crippen molar-refractivity contribution in [3.63, 3.8) is 0 Å². The molecule has 0 aliphatic carbocycles. The minimum atomic E-state index is -0.854. The Morgan fingerprint density at radius 2 is 1.63 bits per heavy atom. The highest BCUT2D eigenvalue weighted by atomic mass is 19.1. The van der Waals surface area contributed by atoms with Crippen LogP contribution in [0.2, 0.25) is 0 Å². The van der Waals surface area contributed by atoms with Crippen molar-refractivity contribution in [1.82, 2.24) is 0 Å². The van der Waals surface area contributed by atoms with E-state index in [9.17, 15) is 19.3 Å². The highest BCUT2D eigenvalue weighted by Crippen LogP contribution is 2.28. The van der Waals surface area contributed by atoms with Gasteiger partial charge in [-0.05, 0) is 41.8 Å². The van der Waals surface area contributed by atoms with Gasteiger partial charge in [0.2, 0.25) is 6.04 Å². The molecule has 0 aliphatic rings. The first-order valence-electron chi connectivity index (χ1n) is 9.53. The summed E-state index contributed by atoms with van der Waals surface area (Å²) in [6, 6.07) is 10.3. The second kappa shape index (κ2) is 13.1. The van der Waals surface area contributed by atoms with Crippen LogP contribution in [0.4, 0.5) is 4.39 Å². The fraction of sp³-hybridized carbons (Fsp3) is 0.348. The molecule has 0 heterocycles. The summed E-state index contributed by atoms with van der Waals surface area (Å²) in [4.78, 5) is 23.2. The van der Waals surface area contributed by atoms with Crippen LogP contribution in [-0.4, -0.2) is 31.0 Å². The number of rotatable bonds is 11. The van der Waals surface area contributed by atoms with Crippen LogP contribution >= 0.6 is 0 Å². The van der Waals surface area contributed by atoms with Crippen molar-refractivity contribution >= 4 is 5.78 Å². The summed E-state index contributed by atoms with van der Waals surface area (Å²) >= 11 is 0. The molecule has 7 heteroatoms. The van der Waals surface area contributed by atoms with Gasteiger partial charge in [0.1, 0.15) is 11.6 Å². The number of nitro groups is 1. The van der Waals surface area contributed by atoms with Crippen molar-refractivity contribution in [2.45, 2.75) is 38.1 Å². The molecule has 0 amide bonds. The number of hydrogen-bond donors (Lipinski definition) is 0. The van der Waals surface area contributed by atoms with Gasteiger partial charge in [0, 0.05) is 30.6 Å². The lowest BCUT2D eigenvalue weighted by Gasteiger charge is -2.12. The first-order chi connectivity index (χ1) is 14.4. The Labute approximate surface area is 176 Å². The molecule has 0 aromatic heterocycles. The Morgan fingerprint density at radius 3 is 2.20 bits per heavy atom. The number of ether oxygens (including phenoxy) is 2. The van der Waals surface area contributed by atoms with Gasteiger partial charge in [-0.1, -0.05) is 18.2 Å². The zero-order valence-corrected chi connectivity index (χ0v) is 17.4. The maximum atomic E-state index is 12.9. The summed E-state index contributed by atoms with van der Waals surface area (Å²) in [5.41, 5.74) is 1.61. The number of carbonyl (C=O) groups is 1. The second-order valence-corrected chi connectivity index (χ2v) is 6.54. The van der Waals surface area contributed by atoms with E-state index in [4.69, 9.17) is 9.47 Å². The lowest BCUT2D eigenvalue weighted by molar-refractivity contribution is -0.522. The molecule has 162 valence electrons. The first-order valence-corrected chi connectivity index (χ1v) is 9.53. The molecule has 2 aromatic carbocycles. The van der Waals surface area contributed by atoms with E-state index in [0.717, 1.165) is 11.1 Å². The van der Waals surface area contributed by atoms with E-state index in [1.165, 1.54) is 26.4 Å². The zero-order chi connectivity index (χ0) is 22.5. The predicted octanol–water partition coefficient (Wildman–Crippen LogP) is 4.82. The van der Waals surface area contributed by atoms with Crippen LogP contribution in [0.1, 0.15) is 30.4 Å². The molecule has 1 unspecified atom stereocenters. The minimum absolute atomic E-state index is 0.0384. The molecule has 0 aliphatic heterocycles. The Balaban J connectivity index is 0.00000218. The quantitative estimate of drug-likeness (QED) is 0.298. The Morgan fingerprint density at radius 1 is 1.03 bits per heavy atom. The third kappa shape index (κ3) is 8.03. The van der Waals surface area contributed by atoms with Gasteiger partial charge in [-0.15, -0.1) is 13.2 Å². The summed E-state index contributed by atoms with van der Waals surface area (Å²) < 4.78 is 23.3. The summed E-state index contributed by atoms with van der Waals surface area (Å²) in [6.07, 6.45) is 1.30. The lowest BCUT2D eigenvalue weighted by atomic mass is 9.98. The fourth-order valence-corrected chi connectivity index (χ4v) is 2.95. The van der Waals surface area contributed by atoms with Crippen LogP contribution in [-0.2, 0) is 17.6 Å². The minimum Gasteiger partial charge on any atom is -0.493 e. The van der Waals surface area contributed by atoms with Gasteiger partial charge in [-0.25, -0.2) is 4.39 Å². The molecule has 0 saturated carbocycles. The highest BCUT2D eigenvalue weighted by molar-refractivity contribution is 5.78. The molecular weight excluding hydrogens is 389 g/mol. The van der Waals surface area contributed by atoms with Crippen molar-refractivity contribution in [2.75, 3.05) is 14.2 Å². The molecule has 30 heavy (non-hydrogen) atoms. The summed E-state index contributed by atoms with van der Waals surface area (Å²) in [7, 11) is 3.03. The number of aryl methyl sites for hydroxylation is 1. The summed E-state index contributed by atoms with van der Waals surface area (Å²) in [6.45, 7) is 6.00. The van der Waals surface area contributed by atoms with E-state index in [0.29, 0.717) is 17.9 Å². The van der Waals surface area contributed by atoms with Gasteiger partial charge in [0.05, 0.1) is 14.2 Å². The Hall–Kier alpha value is -3.22. The molecule has 0 radical (unpaired) electrons. The van der Waals surface area contributed by atoms with E-state index in [-0.39, 0.29) is 42.2 Å². The van der Waals surface area contributed by atoms with Gasteiger partial charge in [0.25, 0.3) is 0 Å². The molecule has 0 N–H and O–H groups in total. The van der Waals surface area contributed by atoms with Gasteiger partial charge in [0.15, 0.2) is 11.5 Å². The largest absolute Gasteiger partial charge is 0.493 e. The fourth-order valence-electron chi connectivity index (χ4n) is 2.95. The highest BCUT2D eigenvalue weighted by Gasteiger charge is 2.22. The maximum absolute atomic E-state index is 12.9. The Bertz CT molecular complexity index is 823. The van der Waals surface area contributed by atoms with E-state index in [1.807, 2.05) is 0 Å². The van der Waals surface area contributed by atoms with E-state index in [1.54, 1.807) is 30.3 Å². The molecule has 0 spiro atoms. The molecule has 1 atom stereocenters. The molecule has 0 bridgehead atoms. The monoisotopic (exact) mass is 417 g/mol. The lowest BCUT2D eigenvalue weighted by Crippen LogP contribution is -2.23. The zero-order valence-electron chi connectivity index (χ0n) is 17.4. The topological polar surface area (TPSA) is 78.7 Å². The second-order valence-electron chi connectivity index (χ2n) is 6.54. The van der Waals surface area contributed by atoms with Crippen molar-refractivity contribution in [1.29, 1.82) is 0 Å². The van der Waals surface area contributed by atoms with Gasteiger partial charge < -0.3 is 9.47 Å². The molecule has 2 rings (SSSR count). The number of nitrogens with zero attached hydrogens (tertiary/aromatic N) is 1. The average molecular weight is 417 g/mol. The third-order valence-electron chi connectivity index (χ3n) is 4.58. The Kier molecular flexibility index (Phi) is 10.8. The average Bonchev–Trinajstić information content (AvgIpc) is 2.77. The number of halogens is 1. The summed E-state index contributed by atoms with van der Waals surface area (Å²) in [5.74, 6) is 0.708. The predicted molar refractivity (Wildman–Crippen MR) is 114 cm³/mol. The number of methoxy groups -OCH3 is 2.